The zero-order valence-corrected chi connectivity index (χ0v) is 11.7. The largest absolute Gasteiger partial charge is 0.456 e. The van der Waals surface area contributed by atoms with Crippen LogP contribution in [-0.4, -0.2) is 19.8 Å². The van der Waals surface area contributed by atoms with Gasteiger partial charge in [-0.15, -0.1) is 0 Å². The maximum atomic E-state index is 13.7. The van der Waals surface area contributed by atoms with Crippen LogP contribution in [-0.2, 0) is 4.74 Å². The van der Waals surface area contributed by atoms with Gasteiger partial charge in [-0.2, -0.15) is 0 Å². The highest BCUT2D eigenvalue weighted by Gasteiger charge is 2.20. The summed E-state index contributed by atoms with van der Waals surface area (Å²) in [4.78, 5) is 0. The van der Waals surface area contributed by atoms with Crippen LogP contribution < -0.4 is 5.32 Å². The quantitative estimate of drug-likeness (QED) is 0.903. The first-order valence-corrected chi connectivity index (χ1v) is 7.25. The van der Waals surface area contributed by atoms with E-state index in [1.165, 1.54) is 6.07 Å². The monoisotopic (exact) mass is 277 g/mol. The lowest BCUT2D eigenvalue weighted by Crippen LogP contribution is -2.18. The average molecular weight is 277 g/mol. The second kappa shape index (κ2) is 5.94. The highest BCUT2D eigenvalue weighted by atomic mass is 19.1. The molecule has 2 heterocycles. The van der Waals surface area contributed by atoms with E-state index >= 15 is 0 Å². The molecule has 4 heteroatoms. The standard InChI is InChI=1S/C16H20FNO2/c1-18-14(8-7-12-5-3-9-19-12)15-10-11-4-2-6-13(17)16(11)20-15/h2,4,6,10,12,14,18H,3,5,7-9H2,1H3. The molecule has 0 amide bonds. The molecule has 0 bridgehead atoms. The molecule has 1 aliphatic heterocycles. The molecule has 20 heavy (non-hydrogen) atoms. The number of para-hydroxylation sites is 1. The molecular formula is C16H20FNO2. The Bertz CT molecular complexity index is 575. The Morgan fingerprint density at radius 1 is 1.45 bits per heavy atom. The molecule has 1 saturated heterocycles. The Morgan fingerprint density at radius 3 is 3.05 bits per heavy atom. The normalized spacial score (nSPS) is 20.6. The van der Waals surface area contributed by atoms with Gasteiger partial charge in [0, 0.05) is 12.0 Å². The predicted molar refractivity (Wildman–Crippen MR) is 76.2 cm³/mol. The maximum absolute atomic E-state index is 13.7. The number of benzene rings is 1. The van der Waals surface area contributed by atoms with E-state index in [1.807, 2.05) is 19.2 Å². The van der Waals surface area contributed by atoms with E-state index in [2.05, 4.69) is 5.32 Å². The van der Waals surface area contributed by atoms with Crippen molar-refractivity contribution < 1.29 is 13.5 Å². The van der Waals surface area contributed by atoms with Crippen molar-refractivity contribution in [1.29, 1.82) is 0 Å². The van der Waals surface area contributed by atoms with Crippen molar-refractivity contribution in [2.45, 2.75) is 37.8 Å². The predicted octanol–water partition coefficient (Wildman–Crippen LogP) is 3.79. The van der Waals surface area contributed by atoms with E-state index in [-0.39, 0.29) is 11.9 Å². The summed E-state index contributed by atoms with van der Waals surface area (Å²) < 4.78 is 25.0. The Hall–Kier alpha value is -1.39. The molecule has 2 aromatic rings. The van der Waals surface area contributed by atoms with E-state index < -0.39 is 0 Å². The van der Waals surface area contributed by atoms with Crippen molar-refractivity contribution >= 4 is 11.0 Å². The van der Waals surface area contributed by atoms with Crippen LogP contribution in [0.15, 0.2) is 28.7 Å². The third kappa shape index (κ3) is 2.72. The van der Waals surface area contributed by atoms with Crippen LogP contribution in [0.1, 0.15) is 37.5 Å². The first-order valence-electron chi connectivity index (χ1n) is 7.25. The number of fused-ring (bicyclic) bond motifs is 1. The van der Waals surface area contributed by atoms with Gasteiger partial charge in [-0.05, 0) is 44.9 Å². The molecular weight excluding hydrogens is 257 g/mol. The fourth-order valence-electron chi connectivity index (χ4n) is 2.87. The van der Waals surface area contributed by atoms with Gasteiger partial charge in [0.15, 0.2) is 11.4 Å². The number of rotatable bonds is 5. The summed E-state index contributed by atoms with van der Waals surface area (Å²) in [5, 5.41) is 4.07. The average Bonchev–Trinajstić information content (AvgIpc) is 3.09. The summed E-state index contributed by atoms with van der Waals surface area (Å²) in [5.41, 5.74) is 0.347. The molecule has 3 nitrogen and oxygen atoms in total. The van der Waals surface area contributed by atoms with Gasteiger partial charge < -0.3 is 14.5 Å². The summed E-state index contributed by atoms with van der Waals surface area (Å²) in [7, 11) is 1.91. The summed E-state index contributed by atoms with van der Waals surface area (Å²) >= 11 is 0. The number of nitrogens with one attached hydrogen (secondary N) is 1. The number of ether oxygens (including phenoxy) is 1. The Morgan fingerprint density at radius 2 is 2.35 bits per heavy atom. The molecule has 2 unspecified atom stereocenters. The van der Waals surface area contributed by atoms with Gasteiger partial charge in [0.1, 0.15) is 5.76 Å². The molecule has 2 atom stereocenters. The molecule has 1 fully saturated rings. The van der Waals surface area contributed by atoms with Crippen molar-refractivity contribution in [2.75, 3.05) is 13.7 Å². The molecule has 1 aliphatic rings. The lowest BCUT2D eigenvalue weighted by molar-refractivity contribution is 0.0992. The van der Waals surface area contributed by atoms with E-state index in [0.717, 1.165) is 43.4 Å². The van der Waals surface area contributed by atoms with Crippen LogP contribution in [0.4, 0.5) is 4.39 Å². The molecule has 1 aromatic carbocycles. The minimum Gasteiger partial charge on any atom is -0.456 e. The van der Waals surface area contributed by atoms with Crippen LogP contribution in [0.25, 0.3) is 11.0 Å². The molecule has 1 N–H and O–H groups in total. The molecule has 0 spiro atoms. The van der Waals surface area contributed by atoms with Crippen molar-refractivity contribution in [3.63, 3.8) is 0 Å². The molecule has 0 radical (unpaired) electrons. The van der Waals surface area contributed by atoms with E-state index in [4.69, 9.17) is 9.15 Å². The second-order valence-corrected chi connectivity index (χ2v) is 5.36. The highest BCUT2D eigenvalue weighted by molar-refractivity contribution is 5.78. The van der Waals surface area contributed by atoms with Gasteiger partial charge >= 0.3 is 0 Å². The van der Waals surface area contributed by atoms with E-state index in [1.54, 1.807) is 6.07 Å². The molecule has 1 aromatic heterocycles. The van der Waals surface area contributed by atoms with Gasteiger partial charge in [-0.25, -0.2) is 4.39 Å². The van der Waals surface area contributed by atoms with Gasteiger partial charge in [0.25, 0.3) is 0 Å². The minimum atomic E-state index is -0.303. The number of hydrogen-bond acceptors (Lipinski definition) is 3. The zero-order chi connectivity index (χ0) is 13.9. The SMILES string of the molecule is CNC(CCC1CCCO1)c1cc2cccc(F)c2o1. The summed E-state index contributed by atoms with van der Waals surface area (Å²) in [6.45, 7) is 0.880. The van der Waals surface area contributed by atoms with Crippen LogP contribution in [0.2, 0.25) is 0 Å². The van der Waals surface area contributed by atoms with Gasteiger partial charge in [-0.3, -0.25) is 0 Å². The van der Waals surface area contributed by atoms with Gasteiger partial charge in [-0.1, -0.05) is 12.1 Å². The van der Waals surface area contributed by atoms with Crippen molar-refractivity contribution in [1.82, 2.24) is 5.32 Å². The minimum absolute atomic E-state index is 0.103. The van der Waals surface area contributed by atoms with E-state index in [0.29, 0.717) is 11.7 Å². The zero-order valence-electron chi connectivity index (χ0n) is 11.7. The molecule has 0 saturated carbocycles. The smallest absolute Gasteiger partial charge is 0.169 e. The fourth-order valence-corrected chi connectivity index (χ4v) is 2.87. The Balaban J connectivity index is 1.74. The first kappa shape index (κ1) is 13.6. The fraction of sp³-hybridized carbons (Fsp3) is 0.500. The highest BCUT2D eigenvalue weighted by Crippen LogP contribution is 2.29. The van der Waals surface area contributed by atoms with Crippen LogP contribution in [0.3, 0.4) is 0 Å². The number of hydrogen-bond donors (Lipinski definition) is 1. The van der Waals surface area contributed by atoms with Gasteiger partial charge in [0.2, 0.25) is 0 Å². The molecule has 0 aliphatic carbocycles. The van der Waals surface area contributed by atoms with Crippen molar-refractivity contribution in [2.24, 2.45) is 0 Å². The van der Waals surface area contributed by atoms with Crippen molar-refractivity contribution in [3.8, 4) is 0 Å². The topological polar surface area (TPSA) is 34.4 Å². The first-order chi connectivity index (χ1) is 9.78. The number of halogens is 1. The summed E-state index contributed by atoms with van der Waals surface area (Å²) in [6.07, 6.45) is 4.61. The third-order valence-electron chi connectivity index (χ3n) is 4.01. The van der Waals surface area contributed by atoms with Crippen molar-refractivity contribution in [3.05, 3.63) is 35.8 Å². The Labute approximate surface area is 118 Å². The second-order valence-electron chi connectivity index (χ2n) is 5.36. The summed E-state index contributed by atoms with van der Waals surface area (Å²) in [5.74, 6) is 0.494. The van der Waals surface area contributed by atoms with Crippen LogP contribution >= 0.6 is 0 Å². The molecule has 108 valence electrons. The lowest BCUT2D eigenvalue weighted by Gasteiger charge is -2.16. The van der Waals surface area contributed by atoms with Gasteiger partial charge in [0.05, 0.1) is 12.1 Å². The summed E-state index contributed by atoms with van der Waals surface area (Å²) in [6, 6.07) is 7.03. The Kier molecular flexibility index (Phi) is 4.03. The van der Waals surface area contributed by atoms with Crippen LogP contribution in [0.5, 0.6) is 0 Å². The number of furan rings is 1. The molecule has 3 rings (SSSR count). The third-order valence-corrected chi connectivity index (χ3v) is 4.01. The van der Waals surface area contributed by atoms with E-state index in [9.17, 15) is 4.39 Å². The lowest BCUT2D eigenvalue weighted by atomic mass is 10.0. The van der Waals surface area contributed by atoms with Crippen LogP contribution in [0, 0.1) is 5.82 Å². The maximum Gasteiger partial charge on any atom is 0.169 e.